The minimum absolute atomic E-state index is 0.528. The van der Waals surface area contributed by atoms with Gasteiger partial charge in [0.25, 0.3) is 0 Å². The molecule has 0 bridgehead atoms. The first kappa shape index (κ1) is 10.8. The highest BCUT2D eigenvalue weighted by Crippen LogP contribution is 2.01. The van der Waals surface area contributed by atoms with E-state index >= 15 is 0 Å². The number of hydrogen-bond donors (Lipinski definition) is 1. The molecule has 2 nitrogen and oxygen atoms in total. The van der Waals surface area contributed by atoms with Gasteiger partial charge in [-0.15, -0.1) is 0 Å². The Morgan fingerprint density at radius 2 is 1.75 bits per heavy atom. The van der Waals surface area contributed by atoms with Gasteiger partial charge in [0.2, 0.25) is 0 Å². The van der Waals surface area contributed by atoms with Gasteiger partial charge >= 0.3 is 0 Å². The van der Waals surface area contributed by atoms with Crippen molar-refractivity contribution in [2.24, 2.45) is 0 Å². The zero-order chi connectivity index (χ0) is 9.40. The van der Waals surface area contributed by atoms with Crippen molar-refractivity contribution in [1.29, 1.82) is 0 Å². The van der Waals surface area contributed by atoms with E-state index in [2.05, 4.69) is 0 Å². The summed E-state index contributed by atoms with van der Waals surface area (Å²) in [6.45, 7) is 2.03. The zero-order valence-electron chi connectivity index (χ0n) is 7.45. The van der Waals surface area contributed by atoms with Gasteiger partial charge in [-0.05, 0) is 12.5 Å². The average molecular weight is 166 g/mol. The first-order chi connectivity index (χ1) is 5.83. The molecule has 1 N–H and O–H groups in total. The van der Waals surface area contributed by atoms with Gasteiger partial charge in [0.1, 0.15) is 6.29 Å². The fourth-order valence-corrected chi connectivity index (χ4v) is 0.820. The quantitative estimate of drug-likeness (QED) is 0.673. The van der Waals surface area contributed by atoms with Crippen LogP contribution < -0.4 is 0 Å². The summed E-state index contributed by atoms with van der Waals surface area (Å²) in [7, 11) is 1.00. The largest absolute Gasteiger partial charge is 0.400 e. The number of aliphatic hydroxyl groups is 1. The van der Waals surface area contributed by atoms with Crippen LogP contribution in [0.15, 0.2) is 24.3 Å². The second kappa shape index (κ2) is 6.55. The molecule has 1 aromatic carbocycles. The Bertz CT molecular complexity index is 214. The smallest absolute Gasteiger partial charge is 0.124 e. The molecule has 0 saturated carbocycles. The fourth-order valence-electron chi connectivity index (χ4n) is 0.820. The lowest BCUT2D eigenvalue weighted by Crippen LogP contribution is -1.84. The van der Waals surface area contributed by atoms with E-state index in [0.29, 0.717) is 6.42 Å². The topological polar surface area (TPSA) is 37.3 Å². The summed E-state index contributed by atoms with van der Waals surface area (Å²) in [5.74, 6) is 0. The number of carbonyl (C=O) groups is 1. The van der Waals surface area contributed by atoms with Crippen molar-refractivity contribution in [2.45, 2.75) is 13.3 Å². The maximum absolute atomic E-state index is 10.1. The van der Waals surface area contributed by atoms with E-state index in [1.807, 2.05) is 31.2 Å². The van der Waals surface area contributed by atoms with Crippen molar-refractivity contribution in [2.75, 3.05) is 7.11 Å². The number of aryl methyl sites for hydroxylation is 1. The van der Waals surface area contributed by atoms with Crippen LogP contribution in [0.25, 0.3) is 0 Å². The van der Waals surface area contributed by atoms with Gasteiger partial charge in [0, 0.05) is 13.5 Å². The van der Waals surface area contributed by atoms with Crippen LogP contribution in [0.4, 0.5) is 0 Å². The fraction of sp³-hybridized carbons (Fsp3) is 0.300. The molecule has 0 spiro atoms. The lowest BCUT2D eigenvalue weighted by atomic mass is 10.1. The minimum atomic E-state index is 0.528. The van der Waals surface area contributed by atoms with Crippen molar-refractivity contribution >= 4 is 6.29 Å². The number of carbonyl (C=O) groups excluding carboxylic acids is 1. The highest BCUT2D eigenvalue weighted by atomic mass is 16.2. The van der Waals surface area contributed by atoms with E-state index in [1.54, 1.807) is 0 Å². The molecule has 1 rings (SSSR count). The van der Waals surface area contributed by atoms with Crippen molar-refractivity contribution in [3.8, 4) is 0 Å². The minimum Gasteiger partial charge on any atom is -0.400 e. The van der Waals surface area contributed by atoms with E-state index in [0.717, 1.165) is 19.0 Å². The summed E-state index contributed by atoms with van der Waals surface area (Å²) >= 11 is 0. The van der Waals surface area contributed by atoms with Crippen LogP contribution in [-0.2, 0) is 11.2 Å². The normalized spacial score (nSPS) is 8.25. The van der Waals surface area contributed by atoms with Crippen molar-refractivity contribution in [1.82, 2.24) is 0 Å². The Hall–Kier alpha value is -1.15. The summed E-state index contributed by atoms with van der Waals surface area (Å²) in [5, 5.41) is 7.00. The molecule has 0 aliphatic rings. The molecule has 0 aliphatic heterocycles. The second-order valence-corrected chi connectivity index (χ2v) is 2.36. The number of benzene rings is 1. The van der Waals surface area contributed by atoms with Gasteiger partial charge < -0.3 is 9.90 Å². The molecule has 0 fully saturated rings. The van der Waals surface area contributed by atoms with E-state index in [1.165, 1.54) is 5.56 Å². The van der Waals surface area contributed by atoms with E-state index < -0.39 is 0 Å². The number of aliphatic hydroxyl groups excluding tert-OH is 1. The molecule has 2 heteroatoms. The standard InChI is InChI=1S/C9H10O.CH4O/c1-8-2-4-9(5-3-8)6-7-10;1-2/h2-5,7H,6H2,1H3;2H,1H3. The molecular weight excluding hydrogens is 152 g/mol. The maximum Gasteiger partial charge on any atom is 0.124 e. The Morgan fingerprint density at radius 1 is 1.25 bits per heavy atom. The van der Waals surface area contributed by atoms with Crippen LogP contribution in [0.5, 0.6) is 0 Å². The Labute approximate surface area is 72.9 Å². The highest BCUT2D eigenvalue weighted by Gasteiger charge is 1.88. The third-order valence-electron chi connectivity index (χ3n) is 1.44. The summed E-state index contributed by atoms with van der Waals surface area (Å²) in [4.78, 5) is 10.1. The van der Waals surface area contributed by atoms with Crippen LogP contribution in [0, 0.1) is 6.92 Å². The Balaban J connectivity index is 0.000000561. The summed E-state index contributed by atoms with van der Waals surface area (Å²) < 4.78 is 0. The van der Waals surface area contributed by atoms with Gasteiger partial charge in [0.05, 0.1) is 0 Å². The van der Waals surface area contributed by atoms with Crippen LogP contribution in [-0.4, -0.2) is 18.5 Å². The molecule has 0 amide bonds. The van der Waals surface area contributed by atoms with Crippen molar-refractivity contribution in [3.63, 3.8) is 0 Å². The van der Waals surface area contributed by atoms with Crippen LogP contribution >= 0.6 is 0 Å². The van der Waals surface area contributed by atoms with E-state index in [4.69, 9.17) is 5.11 Å². The monoisotopic (exact) mass is 166 g/mol. The summed E-state index contributed by atoms with van der Waals surface area (Å²) in [6.07, 6.45) is 1.45. The number of rotatable bonds is 2. The van der Waals surface area contributed by atoms with Crippen molar-refractivity contribution < 1.29 is 9.90 Å². The van der Waals surface area contributed by atoms with Gasteiger partial charge in [-0.25, -0.2) is 0 Å². The van der Waals surface area contributed by atoms with Gasteiger partial charge in [-0.2, -0.15) is 0 Å². The van der Waals surface area contributed by atoms with Gasteiger partial charge in [-0.1, -0.05) is 29.8 Å². The zero-order valence-corrected chi connectivity index (χ0v) is 7.45. The van der Waals surface area contributed by atoms with Crippen LogP contribution in [0.2, 0.25) is 0 Å². The lowest BCUT2D eigenvalue weighted by molar-refractivity contribution is -0.107. The highest BCUT2D eigenvalue weighted by molar-refractivity contribution is 5.54. The number of aldehydes is 1. The molecule has 0 radical (unpaired) electrons. The first-order valence-electron chi connectivity index (χ1n) is 3.77. The van der Waals surface area contributed by atoms with Crippen LogP contribution in [0.3, 0.4) is 0 Å². The molecule has 0 aliphatic carbocycles. The molecule has 0 saturated heterocycles. The molecule has 12 heavy (non-hydrogen) atoms. The lowest BCUT2D eigenvalue weighted by Gasteiger charge is -1.93. The van der Waals surface area contributed by atoms with Gasteiger partial charge in [-0.3, -0.25) is 0 Å². The molecule has 0 aromatic heterocycles. The Morgan fingerprint density at radius 3 is 2.17 bits per heavy atom. The van der Waals surface area contributed by atoms with E-state index in [-0.39, 0.29) is 0 Å². The average Bonchev–Trinajstić information content (AvgIpc) is 2.13. The third-order valence-corrected chi connectivity index (χ3v) is 1.44. The first-order valence-corrected chi connectivity index (χ1v) is 3.77. The Kier molecular flexibility index (Phi) is 5.93. The van der Waals surface area contributed by atoms with E-state index in [9.17, 15) is 4.79 Å². The predicted octanol–water partition coefficient (Wildman–Crippen LogP) is 1.34. The molecule has 0 unspecified atom stereocenters. The predicted molar refractivity (Wildman–Crippen MR) is 49.1 cm³/mol. The second-order valence-electron chi connectivity index (χ2n) is 2.36. The maximum atomic E-state index is 10.1. The summed E-state index contributed by atoms with van der Waals surface area (Å²) in [6, 6.07) is 7.98. The molecule has 1 aromatic rings. The van der Waals surface area contributed by atoms with Gasteiger partial charge in [0.15, 0.2) is 0 Å². The summed E-state index contributed by atoms with van der Waals surface area (Å²) in [5.41, 5.74) is 2.32. The SMILES string of the molecule is CO.Cc1ccc(CC=O)cc1. The number of hydrogen-bond acceptors (Lipinski definition) is 2. The third kappa shape index (κ3) is 3.88. The molecule has 66 valence electrons. The van der Waals surface area contributed by atoms with Crippen molar-refractivity contribution in [3.05, 3.63) is 35.4 Å². The molecule has 0 atom stereocenters. The van der Waals surface area contributed by atoms with Crippen LogP contribution in [0.1, 0.15) is 11.1 Å². The molecular formula is C10H14O2. The molecule has 0 heterocycles.